The van der Waals surface area contributed by atoms with Crippen LogP contribution in [-0.2, 0) is 13.0 Å². The molecule has 0 unspecified atom stereocenters. The fourth-order valence-electron chi connectivity index (χ4n) is 2.90. The van der Waals surface area contributed by atoms with Crippen LogP contribution in [0.4, 0.5) is 0 Å². The Morgan fingerprint density at radius 3 is 2.93 bits per heavy atom. The van der Waals surface area contributed by atoms with E-state index in [1.54, 1.807) is 17.4 Å². The molecule has 0 atom stereocenters. The predicted octanol–water partition coefficient (Wildman–Crippen LogP) is 2.68. The van der Waals surface area contributed by atoms with E-state index in [1.165, 1.54) is 15.0 Å². The fourth-order valence-corrected chi connectivity index (χ4v) is 3.81. The molecule has 144 valence electrons. The van der Waals surface area contributed by atoms with E-state index in [0.29, 0.717) is 17.6 Å². The van der Waals surface area contributed by atoms with Crippen molar-refractivity contribution in [2.45, 2.75) is 26.8 Å². The number of nitrogens with one attached hydrogen (secondary N) is 1. The molecule has 4 aromatic rings. The Morgan fingerprint density at radius 2 is 2.14 bits per heavy atom. The Balaban J connectivity index is 1.44. The van der Waals surface area contributed by atoms with Gasteiger partial charge in [0, 0.05) is 11.4 Å². The molecule has 4 rings (SSSR count). The van der Waals surface area contributed by atoms with E-state index in [2.05, 4.69) is 21.5 Å². The Kier molecular flexibility index (Phi) is 4.82. The third kappa shape index (κ3) is 3.61. The highest BCUT2D eigenvalue weighted by Crippen LogP contribution is 2.16. The Bertz CT molecular complexity index is 1200. The first-order valence-electron chi connectivity index (χ1n) is 8.75. The molecule has 0 saturated carbocycles. The largest absolute Gasteiger partial charge is 0.420 e. The number of amides is 1. The predicted molar refractivity (Wildman–Crippen MR) is 104 cm³/mol. The summed E-state index contributed by atoms with van der Waals surface area (Å²) in [7, 11) is 0. The van der Waals surface area contributed by atoms with Crippen molar-refractivity contribution < 1.29 is 13.7 Å². The molecule has 3 aromatic heterocycles. The number of fused-ring (bicyclic) bond motifs is 1. The third-order valence-corrected chi connectivity index (χ3v) is 5.47. The van der Waals surface area contributed by atoms with Crippen LogP contribution in [0.15, 0.2) is 43.4 Å². The molecule has 0 aliphatic rings. The molecular weight excluding hydrogens is 380 g/mol. The lowest BCUT2D eigenvalue weighted by molar-refractivity contribution is 0.0910. The molecule has 9 heteroatoms. The average Bonchev–Trinajstić information content (AvgIpc) is 3.37. The van der Waals surface area contributed by atoms with E-state index in [1.807, 2.05) is 31.4 Å². The number of thiophene rings is 1. The van der Waals surface area contributed by atoms with Gasteiger partial charge < -0.3 is 14.3 Å². The van der Waals surface area contributed by atoms with E-state index in [9.17, 15) is 9.59 Å². The van der Waals surface area contributed by atoms with Gasteiger partial charge in [0.25, 0.3) is 0 Å². The summed E-state index contributed by atoms with van der Waals surface area (Å²) in [5, 5.41) is 8.61. The first-order chi connectivity index (χ1) is 13.5. The van der Waals surface area contributed by atoms with Gasteiger partial charge >= 0.3 is 17.6 Å². The van der Waals surface area contributed by atoms with Gasteiger partial charge in [0.15, 0.2) is 11.4 Å². The van der Waals surface area contributed by atoms with E-state index in [-0.39, 0.29) is 18.3 Å². The monoisotopic (exact) mass is 398 g/mol. The Morgan fingerprint density at radius 1 is 1.29 bits per heavy atom. The number of oxazole rings is 1. The molecule has 0 fully saturated rings. The lowest BCUT2D eigenvalue weighted by atomic mass is 10.2. The van der Waals surface area contributed by atoms with Crippen molar-refractivity contribution in [3.8, 4) is 0 Å². The van der Waals surface area contributed by atoms with Crippen LogP contribution in [0.3, 0.4) is 0 Å². The van der Waals surface area contributed by atoms with Crippen molar-refractivity contribution in [2.24, 2.45) is 0 Å². The Hall–Kier alpha value is -3.20. The van der Waals surface area contributed by atoms with Crippen molar-refractivity contribution in [2.75, 3.05) is 6.54 Å². The zero-order valence-corrected chi connectivity index (χ0v) is 16.2. The molecule has 0 radical (unpaired) electrons. The maximum atomic E-state index is 12.2. The first kappa shape index (κ1) is 18.2. The second kappa shape index (κ2) is 7.43. The number of rotatable bonds is 6. The molecule has 0 spiro atoms. The van der Waals surface area contributed by atoms with E-state index in [0.717, 1.165) is 12.0 Å². The van der Waals surface area contributed by atoms with Gasteiger partial charge in [-0.3, -0.25) is 9.36 Å². The lowest BCUT2D eigenvalue weighted by Crippen LogP contribution is -2.26. The minimum absolute atomic E-state index is 0.0560. The molecule has 1 amide bonds. The molecule has 0 aliphatic heterocycles. The fraction of sp³-hybridized carbons (Fsp3) is 0.263. The zero-order chi connectivity index (χ0) is 19.7. The number of hydrogen-bond donors (Lipinski definition) is 1. The van der Waals surface area contributed by atoms with E-state index in [4.69, 9.17) is 8.94 Å². The number of hydrogen-bond acceptors (Lipinski definition) is 7. The highest BCUT2D eigenvalue weighted by molar-refractivity contribution is 7.10. The summed E-state index contributed by atoms with van der Waals surface area (Å²) in [4.78, 5) is 29.6. The van der Waals surface area contributed by atoms with Crippen LogP contribution in [0.2, 0.25) is 0 Å². The second-order valence-corrected chi connectivity index (χ2v) is 7.47. The standard InChI is InChI=1S/C19H18N4O4S/c1-11-3-4-14-13(9-11)23(19(25)26-14)10-16-21-18(27-22-16)17(24)20-7-5-15-12(2)6-8-28-15/h3-4,6,8-9H,5,7,10H2,1-2H3,(H,20,24). The van der Waals surface area contributed by atoms with Gasteiger partial charge in [0.2, 0.25) is 0 Å². The summed E-state index contributed by atoms with van der Waals surface area (Å²) in [6.45, 7) is 4.50. The van der Waals surface area contributed by atoms with E-state index < -0.39 is 11.7 Å². The lowest BCUT2D eigenvalue weighted by Gasteiger charge is -2.01. The molecule has 3 heterocycles. The van der Waals surface area contributed by atoms with Crippen molar-refractivity contribution in [1.29, 1.82) is 0 Å². The Labute approximate surface area is 163 Å². The summed E-state index contributed by atoms with van der Waals surface area (Å²) in [6.07, 6.45) is 0.742. The number of nitrogens with zero attached hydrogens (tertiary/aromatic N) is 3. The molecule has 0 bridgehead atoms. The number of benzene rings is 1. The van der Waals surface area contributed by atoms with Crippen molar-refractivity contribution in [3.63, 3.8) is 0 Å². The van der Waals surface area contributed by atoms with Crippen LogP contribution in [0.1, 0.15) is 32.5 Å². The summed E-state index contributed by atoms with van der Waals surface area (Å²) in [6, 6.07) is 7.51. The van der Waals surface area contributed by atoms with Gasteiger partial charge in [0.05, 0.1) is 12.1 Å². The molecule has 1 N–H and O–H groups in total. The summed E-state index contributed by atoms with van der Waals surface area (Å²) in [5.74, 6) is -0.851. The van der Waals surface area contributed by atoms with Gasteiger partial charge in [-0.25, -0.2) is 4.79 Å². The van der Waals surface area contributed by atoms with Crippen molar-refractivity contribution >= 4 is 28.3 Å². The van der Waals surface area contributed by atoms with Crippen LogP contribution < -0.4 is 11.1 Å². The molecule has 1 aromatic carbocycles. The molecule has 8 nitrogen and oxygen atoms in total. The molecule has 0 aliphatic carbocycles. The number of aromatic nitrogens is 3. The number of carbonyl (C=O) groups is 1. The summed E-state index contributed by atoms with van der Waals surface area (Å²) < 4.78 is 11.7. The maximum absolute atomic E-state index is 12.2. The van der Waals surface area contributed by atoms with Crippen LogP contribution >= 0.6 is 11.3 Å². The quantitative estimate of drug-likeness (QED) is 0.536. The summed E-state index contributed by atoms with van der Waals surface area (Å²) >= 11 is 1.66. The van der Waals surface area contributed by atoms with Crippen LogP contribution in [0, 0.1) is 13.8 Å². The zero-order valence-electron chi connectivity index (χ0n) is 15.4. The molecule has 28 heavy (non-hydrogen) atoms. The van der Waals surface area contributed by atoms with Gasteiger partial charge in [-0.2, -0.15) is 4.98 Å². The highest BCUT2D eigenvalue weighted by atomic mass is 32.1. The summed E-state index contributed by atoms with van der Waals surface area (Å²) in [5.41, 5.74) is 3.34. The number of aryl methyl sites for hydroxylation is 2. The topological polar surface area (TPSA) is 103 Å². The second-order valence-electron chi connectivity index (χ2n) is 6.47. The maximum Gasteiger partial charge on any atom is 0.420 e. The minimum Gasteiger partial charge on any atom is -0.408 e. The first-order valence-corrected chi connectivity index (χ1v) is 9.63. The number of carbonyl (C=O) groups excluding carboxylic acids is 1. The van der Waals surface area contributed by atoms with Crippen molar-refractivity contribution in [1.82, 2.24) is 20.0 Å². The third-order valence-electron chi connectivity index (χ3n) is 4.39. The van der Waals surface area contributed by atoms with Gasteiger partial charge in [0.1, 0.15) is 0 Å². The van der Waals surface area contributed by atoms with Crippen LogP contribution in [-0.4, -0.2) is 27.2 Å². The van der Waals surface area contributed by atoms with Crippen molar-refractivity contribution in [3.05, 3.63) is 67.9 Å². The smallest absolute Gasteiger partial charge is 0.408 e. The van der Waals surface area contributed by atoms with Gasteiger partial charge in [-0.1, -0.05) is 11.2 Å². The molecular formula is C19H18N4O4S. The average molecular weight is 398 g/mol. The SMILES string of the molecule is Cc1ccc2oc(=O)n(Cc3noc(C(=O)NCCc4sccc4C)n3)c2c1. The van der Waals surface area contributed by atoms with Gasteiger partial charge in [-0.15, -0.1) is 11.3 Å². The normalized spacial score (nSPS) is 11.2. The minimum atomic E-state index is -0.511. The molecule has 0 saturated heterocycles. The van der Waals surface area contributed by atoms with Gasteiger partial charge in [-0.05, 0) is 55.0 Å². The highest BCUT2D eigenvalue weighted by Gasteiger charge is 2.17. The van der Waals surface area contributed by atoms with Crippen LogP contribution in [0.5, 0.6) is 0 Å². The van der Waals surface area contributed by atoms with Crippen LogP contribution in [0.25, 0.3) is 11.1 Å². The van der Waals surface area contributed by atoms with E-state index >= 15 is 0 Å².